The molecule has 0 N–H and O–H groups in total. The third kappa shape index (κ3) is 4.60. The smallest absolute Gasteiger partial charge is 0.341 e. The Kier molecular flexibility index (Phi) is 7.59. The van der Waals surface area contributed by atoms with Crippen LogP contribution < -0.4 is 28.5 Å². The zero-order chi connectivity index (χ0) is 18.8. The van der Waals surface area contributed by atoms with E-state index in [2.05, 4.69) is 37.7 Å². The molecule has 150 valence electrons. The number of rotatable bonds is 5. The van der Waals surface area contributed by atoms with Gasteiger partial charge in [0.15, 0.2) is 18.4 Å². The van der Waals surface area contributed by atoms with Gasteiger partial charge in [-0.15, -0.1) is 0 Å². The first-order valence-electron chi connectivity index (χ1n) is 9.78. The Morgan fingerprint density at radius 1 is 1.41 bits per heavy atom. The molecule has 7 heteroatoms. The Bertz CT molecular complexity index is 790. The zero-order valence-corrected chi connectivity index (χ0v) is 19.1. The largest absolute Gasteiger partial charge is 1.00 e. The van der Waals surface area contributed by atoms with Crippen LogP contribution in [0.1, 0.15) is 52.8 Å². The zero-order valence-electron chi connectivity index (χ0n) is 17.0. The number of imidazole rings is 1. The van der Waals surface area contributed by atoms with Crippen molar-refractivity contribution < 1.29 is 38.1 Å². The van der Waals surface area contributed by atoms with Crippen LogP contribution in [0, 0.1) is 17.8 Å². The van der Waals surface area contributed by atoms with E-state index in [4.69, 9.17) is 4.74 Å². The average Bonchev–Trinajstić information content (AvgIpc) is 2.86. The van der Waals surface area contributed by atoms with Crippen LogP contribution in [-0.4, -0.2) is 26.6 Å². The average molecular weight is 486 g/mol. The first-order valence-corrected chi connectivity index (χ1v) is 9.78. The van der Waals surface area contributed by atoms with Crippen molar-refractivity contribution in [2.24, 2.45) is 24.8 Å². The minimum Gasteiger partial charge on any atom is -1.00 e. The van der Waals surface area contributed by atoms with E-state index in [0.717, 1.165) is 36.3 Å². The number of nitrogens with zero attached hydrogens (tertiary/aromatic N) is 4. The van der Waals surface area contributed by atoms with E-state index in [-0.39, 0.29) is 42.6 Å². The van der Waals surface area contributed by atoms with E-state index in [1.807, 2.05) is 16.2 Å². The quantitative estimate of drug-likeness (QED) is 0.335. The molecule has 2 heterocycles. The van der Waals surface area contributed by atoms with Crippen LogP contribution >= 0.6 is 0 Å². The first kappa shape index (κ1) is 22.0. The highest BCUT2D eigenvalue weighted by molar-refractivity contribution is 5.73. The number of aromatic nitrogens is 4. The van der Waals surface area contributed by atoms with Gasteiger partial charge in [0.25, 0.3) is 0 Å². The van der Waals surface area contributed by atoms with Gasteiger partial charge < -0.3 is 28.7 Å². The van der Waals surface area contributed by atoms with Crippen molar-refractivity contribution >= 4 is 17.1 Å². The second-order valence-electron chi connectivity index (χ2n) is 8.00. The van der Waals surface area contributed by atoms with E-state index in [1.165, 1.54) is 6.42 Å². The van der Waals surface area contributed by atoms with E-state index in [1.54, 1.807) is 12.5 Å². The summed E-state index contributed by atoms with van der Waals surface area (Å²) in [5, 5.41) is 0. The van der Waals surface area contributed by atoms with Crippen LogP contribution in [0.3, 0.4) is 0 Å². The third-order valence-corrected chi connectivity index (χ3v) is 5.83. The van der Waals surface area contributed by atoms with Gasteiger partial charge in [0, 0.05) is 6.42 Å². The van der Waals surface area contributed by atoms with Crippen molar-refractivity contribution in [1.82, 2.24) is 14.5 Å². The fourth-order valence-corrected chi connectivity index (χ4v) is 4.40. The molecular weight excluding hydrogens is 455 g/mol. The fraction of sp³-hybridized carbons (Fsp3) is 0.700. The van der Waals surface area contributed by atoms with Gasteiger partial charge in [-0.2, -0.15) is 0 Å². The number of hydrogen-bond acceptors (Lipinski definition) is 4. The maximum absolute atomic E-state index is 12.8. The monoisotopic (exact) mass is 486 g/mol. The van der Waals surface area contributed by atoms with Crippen molar-refractivity contribution in [3.05, 3.63) is 18.3 Å². The van der Waals surface area contributed by atoms with Gasteiger partial charge in [0.05, 0.1) is 13.2 Å². The van der Waals surface area contributed by atoms with Gasteiger partial charge in [-0.25, -0.2) is 18.9 Å². The topological polar surface area (TPSA) is 60.9 Å². The maximum atomic E-state index is 12.8. The van der Waals surface area contributed by atoms with Gasteiger partial charge in [-0.05, 0) is 30.6 Å². The molecule has 0 amide bonds. The summed E-state index contributed by atoms with van der Waals surface area (Å²) in [5.41, 5.74) is 1.72. The highest BCUT2D eigenvalue weighted by atomic mass is 127. The molecule has 27 heavy (non-hydrogen) atoms. The molecule has 0 bridgehead atoms. The number of fused-ring (bicyclic) bond motifs is 1. The van der Waals surface area contributed by atoms with E-state index in [9.17, 15) is 4.79 Å². The number of ether oxygens (including phenoxy) is 1. The van der Waals surface area contributed by atoms with Gasteiger partial charge in [-0.3, -0.25) is 0 Å². The van der Waals surface area contributed by atoms with Crippen LogP contribution in [-0.2, 0) is 29.5 Å². The highest BCUT2D eigenvalue weighted by Gasteiger charge is 2.34. The predicted molar refractivity (Wildman–Crippen MR) is 99.3 cm³/mol. The molecule has 0 spiro atoms. The molecule has 0 aliphatic heterocycles. The van der Waals surface area contributed by atoms with E-state index < -0.39 is 0 Å². The predicted octanol–water partition coefficient (Wildman–Crippen LogP) is -0.174. The molecule has 2 aromatic rings. The minimum atomic E-state index is -0.161. The van der Waals surface area contributed by atoms with Crippen molar-refractivity contribution in [2.75, 3.05) is 0 Å². The van der Waals surface area contributed by atoms with Crippen molar-refractivity contribution in [2.45, 2.75) is 66.0 Å². The molecule has 0 saturated heterocycles. The second kappa shape index (κ2) is 9.30. The molecule has 3 atom stereocenters. The molecule has 0 aromatic carbocycles. The summed E-state index contributed by atoms with van der Waals surface area (Å²) in [6, 6.07) is 0. The Labute approximate surface area is 178 Å². The summed E-state index contributed by atoms with van der Waals surface area (Å²) >= 11 is 0. The van der Waals surface area contributed by atoms with E-state index in [0.29, 0.717) is 17.8 Å². The summed E-state index contributed by atoms with van der Waals surface area (Å²) < 4.78 is 10.0. The van der Waals surface area contributed by atoms with Gasteiger partial charge in [-0.1, -0.05) is 39.1 Å². The van der Waals surface area contributed by atoms with Crippen molar-refractivity contribution in [3.63, 3.8) is 0 Å². The Balaban J connectivity index is 0.00000261. The minimum absolute atomic E-state index is 0. The summed E-state index contributed by atoms with van der Waals surface area (Å²) in [5.74, 6) is 2.50. The van der Waals surface area contributed by atoms with Gasteiger partial charge in [0.2, 0.25) is 5.82 Å². The Hall–Kier alpha value is -1.25. The van der Waals surface area contributed by atoms with Crippen LogP contribution in [0.25, 0.3) is 11.2 Å². The maximum Gasteiger partial charge on any atom is 0.341 e. The van der Waals surface area contributed by atoms with Gasteiger partial charge in [0.1, 0.15) is 6.10 Å². The van der Waals surface area contributed by atoms with Crippen LogP contribution in [0.15, 0.2) is 12.5 Å². The molecule has 1 fully saturated rings. The molecule has 0 unspecified atom stereocenters. The Morgan fingerprint density at radius 3 is 2.81 bits per heavy atom. The lowest BCUT2D eigenvalue weighted by molar-refractivity contribution is -0.655. The van der Waals surface area contributed by atoms with Crippen LogP contribution in [0.4, 0.5) is 0 Å². The normalized spacial score (nSPS) is 22.7. The molecule has 1 aliphatic rings. The number of halogens is 1. The molecule has 0 radical (unpaired) electrons. The van der Waals surface area contributed by atoms with Gasteiger partial charge >= 0.3 is 11.6 Å². The second-order valence-corrected chi connectivity index (χ2v) is 8.00. The van der Waals surface area contributed by atoms with Crippen LogP contribution in [0.2, 0.25) is 0 Å². The molecule has 1 aliphatic carbocycles. The summed E-state index contributed by atoms with van der Waals surface area (Å²) in [6.07, 6.45) is 7.50. The lowest BCUT2D eigenvalue weighted by Crippen LogP contribution is -3.00. The van der Waals surface area contributed by atoms with Crippen molar-refractivity contribution in [3.8, 4) is 0 Å². The lowest BCUT2D eigenvalue weighted by Gasteiger charge is -2.36. The number of aryl methyl sites for hydroxylation is 1. The lowest BCUT2D eigenvalue weighted by atomic mass is 9.75. The number of carbonyl (C=O) groups is 1. The summed E-state index contributed by atoms with van der Waals surface area (Å²) in [6.45, 7) is 9.01. The highest BCUT2D eigenvalue weighted by Crippen LogP contribution is 2.35. The molecule has 6 nitrogen and oxygen atoms in total. The number of carbonyl (C=O) groups excluding carboxylic acids is 1. The SMILES string of the molecule is CCc1n(CC(=O)O[C@@H]2C[C@H](C)CC[C@H]2C(C)C)c2cncnc2[n+]1C.[I-]. The fourth-order valence-electron chi connectivity index (χ4n) is 4.40. The number of hydrogen-bond donors (Lipinski definition) is 0. The molecule has 2 aromatic heterocycles. The number of esters is 1. The first-order chi connectivity index (χ1) is 12.4. The van der Waals surface area contributed by atoms with Crippen LogP contribution in [0.5, 0.6) is 0 Å². The molecule has 3 rings (SSSR count). The summed E-state index contributed by atoms with van der Waals surface area (Å²) in [4.78, 5) is 21.3. The Morgan fingerprint density at radius 2 is 2.15 bits per heavy atom. The molecular formula is C20H31IN4O2. The van der Waals surface area contributed by atoms with E-state index >= 15 is 0 Å². The molecule has 1 saturated carbocycles. The standard InChI is InChI=1S/C20H31N4O2.HI/c1-6-18-23(5)20-16(10-21-12-22-20)24(18)11-19(25)26-17-9-14(4)7-8-15(17)13(2)3;/h10,12-15,17H,6-9,11H2,1-5H3;1H/q+1;/p-1/t14-,15+,17-;/m1./s1. The van der Waals surface area contributed by atoms with Crippen molar-refractivity contribution in [1.29, 1.82) is 0 Å². The summed E-state index contributed by atoms with van der Waals surface area (Å²) in [7, 11) is 1.98. The third-order valence-electron chi connectivity index (χ3n) is 5.83.